The van der Waals surface area contributed by atoms with Gasteiger partial charge in [-0.25, -0.2) is 8.78 Å². The Kier molecular flexibility index (Phi) is 5.55. The maximum Gasteiger partial charge on any atom is 0.220 e. The van der Waals surface area contributed by atoms with Crippen LogP contribution in [0, 0.1) is 11.6 Å². The van der Waals surface area contributed by atoms with Gasteiger partial charge in [-0.2, -0.15) is 0 Å². The number of ether oxygens (including phenoxy) is 1. The van der Waals surface area contributed by atoms with Crippen LogP contribution < -0.4 is 5.32 Å². The van der Waals surface area contributed by atoms with Crippen LogP contribution in [0.5, 0.6) is 0 Å². The maximum absolute atomic E-state index is 13.0. The van der Waals surface area contributed by atoms with Crippen LogP contribution in [0.2, 0.25) is 0 Å². The van der Waals surface area contributed by atoms with Gasteiger partial charge >= 0.3 is 0 Å². The third kappa shape index (κ3) is 4.94. The fourth-order valence-electron chi connectivity index (χ4n) is 1.92. The predicted octanol–water partition coefficient (Wildman–Crippen LogP) is 1.71. The third-order valence-electron chi connectivity index (χ3n) is 3.19. The minimum Gasteiger partial charge on any atom is -0.386 e. The summed E-state index contributed by atoms with van der Waals surface area (Å²) in [7, 11) is 0. The van der Waals surface area contributed by atoms with E-state index in [1.807, 2.05) is 0 Å². The second-order valence-corrected chi connectivity index (χ2v) is 6.15. The number of hydrogen-bond donors (Lipinski definition) is 2. The molecule has 1 atom stereocenters. The topological polar surface area (TPSA) is 58.6 Å². The molecule has 7 heteroatoms. The van der Waals surface area contributed by atoms with Crippen LogP contribution in [0.15, 0.2) is 23.1 Å². The molecule has 21 heavy (non-hydrogen) atoms. The highest BCUT2D eigenvalue weighted by molar-refractivity contribution is 7.99. The minimum absolute atomic E-state index is 0.168. The van der Waals surface area contributed by atoms with Crippen molar-refractivity contribution in [2.24, 2.45) is 0 Å². The van der Waals surface area contributed by atoms with Gasteiger partial charge in [-0.15, -0.1) is 11.8 Å². The van der Waals surface area contributed by atoms with Gasteiger partial charge < -0.3 is 15.2 Å². The number of benzene rings is 1. The van der Waals surface area contributed by atoms with Gasteiger partial charge in [0.15, 0.2) is 11.6 Å². The quantitative estimate of drug-likeness (QED) is 0.784. The van der Waals surface area contributed by atoms with Crippen molar-refractivity contribution in [3.05, 3.63) is 29.8 Å². The Hall–Kier alpha value is -1.18. The highest BCUT2D eigenvalue weighted by Crippen LogP contribution is 2.21. The summed E-state index contributed by atoms with van der Waals surface area (Å²) in [5.74, 6) is -1.52. The molecule has 1 aliphatic heterocycles. The molecule has 0 aromatic heterocycles. The molecule has 4 nitrogen and oxygen atoms in total. The Bertz CT molecular complexity index is 507. The van der Waals surface area contributed by atoms with E-state index < -0.39 is 17.2 Å². The SMILES string of the molecule is O=C(CCSc1ccc(F)c(F)c1)NCC1(O)CCOC1. The lowest BCUT2D eigenvalue weighted by atomic mass is 10.0. The molecular formula is C14H17F2NO3S. The molecule has 1 fully saturated rings. The second kappa shape index (κ2) is 7.20. The number of halogens is 2. The van der Waals surface area contributed by atoms with E-state index in [2.05, 4.69) is 5.32 Å². The zero-order valence-electron chi connectivity index (χ0n) is 11.4. The van der Waals surface area contributed by atoms with Crippen molar-refractivity contribution in [3.63, 3.8) is 0 Å². The monoisotopic (exact) mass is 317 g/mol. The average Bonchev–Trinajstić information content (AvgIpc) is 2.88. The van der Waals surface area contributed by atoms with Crippen molar-refractivity contribution >= 4 is 17.7 Å². The Morgan fingerprint density at radius 2 is 2.24 bits per heavy atom. The van der Waals surface area contributed by atoms with E-state index in [0.717, 1.165) is 12.1 Å². The lowest BCUT2D eigenvalue weighted by Gasteiger charge is -2.20. The summed E-state index contributed by atoms with van der Waals surface area (Å²) >= 11 is 1.27. The maximum atomic E-state index is 13.0. The predicted molar refractivity (Wildman–Crippen MR) is 75.1 cm³/mol. The van der Waals surface area contributed by atoms with Gasteiger partial charge in [0.2, 0.25) is 5.91 Å². The van der Waals surface area contributed by atoms with Crippen molar-refractivity contribution in [1.82, 2.24) is 5.32 Å². The molecule has 1 aliphatic rings. The Morgan fingerprint density at radius 1 is 1.43 bits per heavy atom. The first-order chi connectivity index (χ1) is 9.98. The van der Waals surface area contributed by atoms with Crippen molar-refractivity contribution in [2.75, 3.05) is 25.5 Å². The van der Waals surface area contributed by atoms with E-state index in [-0.39, 0.29) is 25.5 Å². The van der Waals surface area contributed by atoms with Gasteiger partial charge in [0, 0.05) is 36.6 Å². The number of nitrogens with one attached hydrogen (secondary N) is 1. The molecule has 1 saturated heterocycles. The smallest absolute Gasteiger partial charge is 0.220 e. The molecule has 1 amide bonds. The van der Waals surface area contributed by atoms with Gasteiger partial charge in [0.05, 0.1) is 6.61 Å². The molecule has 0 aliphatic carbocycles. The van der Waals surface area contributed by atoms with Crippen molar-refractivity contribution in [1.29, 1.82) is 0 Å². The Labute approximate surface area is 125 Å². The molecule has 0 saturated carbocycles. The van der Waals surface area contributed by atoms with Crippen molar-refractivity contribution in [2.45, 2.75) is 23.3 Å². The molecule has 0 bridgehead atoms. The number of rotatable bonds is 6. The van der Waals surface area contributed by atoms with Crippen LogP contribution >= 0.6 is 11.8 Å². The molecule has 1 aromatic carbocycles. The molecular weight excluding hydrogens is 300 g/mol. The molecule has 1 aromatic rings. The Morgan fingerprint density at radius 3 is 2.90 bits per heavy atom. The van der Waals surface area contributed by atoms with E-state index in [9.17, 15) is 18.7 Å². The van der Waals surface area contributed by atoms with E-state index in [1.165, 1.54) is 17.8 Å². The Balaban J connectivity index is 1.68. The summed E-state index contributed by atoms with van der Waals surface area (Å²) in [6.45, 7) is 0.900. The molecule has 0 radical (unpaired) electrons. The summed E-state index contributed by atoms with van der Waals surface area (Å²) in [5.41, 5.74) is -0.969. The van der Waals surface area contributed by atoms with E-state index in [1.54, 1.807) is 0 Å². The van der Waals surface area contributed by atoms with E-state index in [0.29, 0.717) is 23.7 Å². The number of thioether (sulfide) groups is 1. The van der Waals surface area contributed by atoms with E-state index >= 15 is 0 Å². The van der Waals surface area contributed by atoms with Gasteiger partial charge in [0.1, 0.15) is 5.60 Å². The van der Waals surface area contributed by atoms with Crippen molar-refractivity contribution in [3.8, 4) is 0 Å². The standard InChI is InChI=1S/C14H17F2NO3S/c15-11-2-1-10(7-12(11)16)21-6-3-13(18)17-8-14(19)4-5-20-9-14/h1-2,7,19H,3-6,8-9H2,(H,17,18). The molecule has 0 spiro atoms. The lowest BCUT2D eigenvalue weighted by Crippen LogP contribution is -2.43. The summed E-state index contributed by atoms with van der Waals surface area (Å²) in [4.78, 5) is 12.2. The van der Waals surface area contributed by atoms with Crippen LogP contribution in [0.4, 0.5) is 8.78 Å². The molecule has 1 unspecified atom stereocenters. The first-order valence-corrected chi connectivity index (χ1v) is 7.62. The summed E-state index contributed by atoms with van der Waals surface area (Å²) in [5, 5.41) is 12.6. The zero-order valence-corrected chi connectivity index (χ0v) is 12.2. The fourth-order valence-corrected chi connectivity index (χ4v) is 2.79. The summed E-state index contributed by atoms with van der Waals surface area (Å²) < 4.78 is 30.8. The van der Waals surface area contributed by atoms with E-state index in [4.69, 9.17) is 4.74 Å². The number of carbonyl (C=O) groups excluding carboxylic acids is 1. The molecule has 2 N–H and O–H groups in total. The number of amides is 1. The average molecular weight is 317 g/mol. The molecule has 116 valence electrons. The number of carbonyl (C=O) groups is 1. The number of aliphatic hydroxyl groups is 1. The van der Waals surface area contributed by atoms with Crippen LogP contribution in [0.1, 0.15) is 12.8 Å². The lowest BCUT2D eigenvalue weighted by molar-refractivity contribution is -0.121. The third-order valence-corrected chi connectivity index (χ3v) is 4.18. The van der Waals surface area contributed by atoms with Crippen LogP contribution in [0.25, 0.3) is 0 Å². The van der Waals surface area contributed by atoms with Gasteiger partial charge in [-0.3, -0.25) is 4.79 Å². The fraction of sp³-hybridized carbons (Fsp3) is 0.500. The van der Waals surface area contributed by atoms with Gasteiger partial charge in [-0.05, 0) is 18.2 Å². The zero-order chi connectivity index (χ0) is 15.3. The van der Waals surface area contributed by atoms with Crippen molar-refractivity contribution < 1.29 is 23.4 Å². The normalized spacial score (nSPS) is 21.5. The highest BCUT2D eigenvalue weighted by Gasteiger charge is 2.32. The van der Waals surface area contributed by atoms with Gasteiger partial charge in [-0.1, -0.05) is 0 Å². The number of hydrogen-bond acceptors (Lipinski definition) is 4. The first-order valence-electron chi connectivity index (χ1n) is 6.63. The largest absolute Gasteiger partial charge is 0.386 e. The molecule has 1 heterocycles. The van der Waals surface area contributed by atoms with Gasteiger partial charge in [0.25, 0.3) is 0 Å². The second-order valence-electron chi connectivity index (χ2n) is 4.98. The summed E-state index contributed by atoms with van der Waals surface area (Å²) in [6, 6.07) is 3.64. The summed E-state index contributed by atoms with van der Waals surface area (Å²) in [6.07, 6.45) is 0.748. The first kappa shape index (κ1) is 16.2. The molecule has 2 rings (SSSR count). The van der Waals surface area contributed by atoms with Crippen LogP contribution in [-0.4, -0.2) is 42.1 Å². The minimum atomic E-state index is -0.969. The van der Waals surface area contributed by atoms with Crippen LogP contribution in [-0.2, 0) is 9.53 Å². The van der Waals surface area contributed by atoms with Crippen LogP contribution in [0.3, 0.4) is 0 Å². The highest BCUT2D eigenvalue weighted by atomic mass is 32.2.